The van der Waals surface area contributed by atoms with Gasteiger partial charge in [0, 0.05) is 0 Å². The molecule has 2 unspecified atom stereocenters. The molecule has 3 aliphatic rings. The number of allylic oxidation sites excluding steroid dienone is 4. The van der Waals surface area contributed by atoms with Gasteiger partial charge in [0.2, 0.25) is 0 Å². The molecule has 0 saturated heterocycles. The van der Waals surface area contributed by atoms with Crippen molar-refractivity contribution in [2.75, 3.05) is 0 Å². The van der Waals surface area contributed by atoms with Crippen molar-refractivity contribution in [2.24, 2.45) is 22.7 Å². The standard InChI is InChI=1S/C13H18/c1-7-6-8-9(7)11-10(8)12(2,3)13(11,4)5/h6,10-11H,1-5H3. The van der Waals surface area contributed by atoms with E-state index in [0.717, 1.165) is 11.8 Å². The lowest BCUT2D eigenvalue weighted by atomic mass is 9.30. The van der Waals surface area contributed by atoms with Gasteiger partial charge in [0.15, 0.2) is 0 Å². The maximum atomic E-state index is 2.43. The summed E-state index contributed by atoms with van der Waals surface area (Å²) in [6.07, 6.45) is 2.40. The van der Waals surface area contributed by atoms with Crippen molar-refractivity contribution in [2.45, 2.75) is 34.6 Å². The first kappa shape index (κ1) is 7.84. The highest BCUT2D eigenvalue weighted by Crippen LogP contribution is 2.77. The molecule has 2 atom stereocenters. The van der Waals surface area contributed by atoms with Crippen molar-refractivity contribution in [3.63, 3.8) is 0 Å². The highest BCUT2D eigenvalue weighted by atomic mass is 14.7. The molecule has 13 heavy (non-hydrogen) atoms. The summed E-state index contributed by atoms with van der Waals surface area (Å²) < 4.78 is 0. The summed E-state index contributed by atoms with van der Waals surface area (Å²) >= 11 is 0. The van der Waals surface area contributed by atoms with Crippen LogP contribution in [0.1, 0.15) is 34.6 Å². The first-order valence-corrected chi connectivity index (χ1v) is 5.32. The highest BCUT2D eigenvalue weighted by molar-refractivity contribution is 5.65. The Kier molecular flexibility index (Phi) is 1.01. The van der Waals surface area contributed by atoms with E-state index < -0.39 is 0 Å². The fourth-order valence-corrected chi connectivity index (χ4v) is 3.76. The molecule has 0 aromatic rings. The average molecular weight is 174 g/mol. The van der Waals surface area contributed by atoms with Crippen LogP contribution in [0.15, 0.2) is 22.8 Å². The van der Waals surface area contributed by atoms with Gasteiger partial charge in [-0.15, -0.1) is 0 Å². The Hall–Kier alpha value is -0.520. The highest BCUT2D eigenvalue weighted by Gasteiger charge is 2.70. The number of hydrogen-bond donors (Lipinski definition) is 0. The van der Waals surface area contributed by atoms with E-state index in [1.165, 1.54) is 0 Å². The zero-order valence-corrected chi connectivity index (χ0v) is 9.23. The van der Waals surface area contributed by atoms with E-state index in [0.29, 0.717) is 10.8 Å². The second kappa shape index (κ2) is 1.67. The third-order valence-corrected chi connectivity index (χ3v) is 5.30. The summed E-state index contributed by atoms with van der Waals surface area (Å²) in [5.74, 6) is 1.78. The van der Waals surface area contributed by atoms with Gasteiger partial charge in [-0.25, -0.2) is 0 Å². The molecule has 3 aliphatic carbocycles. The van der Waals surface area contributed by atoms with Crippen LogP contribution >= 0.6 is 0 Å². The fourth-order valence-electron chi connectivity index (χ4n) is 3.76. The van der Waals surface area contributed by atoms with E-state index in [9.17, 15) is 0 Å². The molecule has 0 amide bonds. The molecule has 0 aliphatic heterocycles. The fraction of sp³-hybridized carbons (Fsp3) is 0.692. The zero-order valence-electron chi connectivity index (χ0n) is 9.23. The van der Waals surface area contributed by atoms with Gasteiger partial charge in [0.05, 0.1) is 0 Å². The third-order valence-electron chi connectivity index (χ3n) is 5.30. The van der Waals surface area contributed by atoms with Crippen molar-refractivity contribution >= 4 is 0 Å². The normalized spacial score (nSPS) is 42.1. The first-order valence-electron chi connectivity index (χ1n) is 5.32. The molecule has 0 heterocycles. The van der Waals surface area contributed by atoms with Crippen molar-refractivity contribution in [1.29, 1.82) is 0 Å². The molecular formula is C13H18. The lowest BCUT2D eigenvalue weighted by molar-refractivity contribution is -0.151. The van der Waals surface area contributed by atoms with E-state index >= 15 is 0 Å². The molecule has 3 rings (SSSR count). The Balaban J connectivity index is 2.03. The molecule has 0 nitrogen and oxygen atoms in total. The van der Waals surface area contributed by atoms with Crippen molar-refractivity contribution < 1.29 is 0 Å². The van der Waals surface area contributed by atoms with Crippen LogP contribution in [0, 0.1) is 22.7 Å². The Morgan fingerprint density at radius 2 is 1.54 bits per heavy atom. The number of hydrogen-bond acceptors (Lipinski definition) is 0. The topological polar surface area (TPSA) is 0 Å². The quantitative estimate of drug-likeness (QED) is 0.527. The molecule has 0 aromatic carbocycles. The Morgan fingerprint density at radius 1 is 1.00 bits per heavy atom. The van der Waals surface area contributed by atoms with Gasteiger partial charge < -0.3 is 0 Å². The van der Waals surface area contributed by atoms with Crippen LogP contribution in [0.5, 0.6) is 0 Å². The summed E-state index contributed by atoms with van der Waals surface area (Å²) in [6, 6.07) is 0. The zero-order chi connectivity index (χ0) is 9.59. The van der Waals surface area contributed by atoms with Crippen LogP contribution in [0.4, 0.5) is 0 Å². The third kappa shape index (κ3) is 0.521. The summed E-state index contributed by atoms with van der Waals surface area (Å²) in [7, 11) is 0. The van der Waals surface area contributed by atoms with Crippen molar-refractivity contribution in [3.8, 4) is 0 Å². The molecule has 1 fully saturated rings. The molecule has 0 radical (unpaired) electrons. The van der Waals surface area contributed by atoms with E-state index in [4.69, 9.17) is 0 Å². The Labute approximate surface area is 80.7 Å². The summed E-state index contributed by atoms with van der Waals surface area (Å²) in [4.78, 5) is 0. The second-order valence-electron chi connectivity index (χ2n) is 6.10. The van der Waals surface area contributed by atoms with Crippen LogP contribution in [0.25, 0.3) is 0 Å². The van der Waals surface area contributed by atoms with Crippen LogP contribution in [0.2, 0.25) is 0 Å². The van der Waals surface area contributed by atoms with Gasteiger partial charge in [0.25, 0.3) is 0 Å². The van der Waals surface area contributed by atoms with Gasteiger partial charge in [-0.05, 0) is 46.3 Å². The summed E-state index contributed by atoms with van der Waals surface area (Å²) in [5.41, 5.74) is 6.00. The minimum atomic E-state index is 0.520. The van der Waals surface area contributed by atoms with E-state index in [-0.39, 0.29) is 0 Å². The van der Waals surface area contributed by atoms with Gasteiger partial charge in [0.1, 0.15) is 0 Å². The molecular weight excluding hydrogens is 156 g/mol. The van der Waals surface area contributed by atoms with E-state index in [1.807, 2.05) is 0 Å². The summed E-state index contributed by atoms with van der Waals surface area (Å²) in [5, 5.41) is 0. The van der Waals surface area contributed by atoms with Gasteiger partial charge in [-0.2, -0.15) is 0 Å². The predicted octanol–water partition coefficient (Wildman–Crippen LogP) is 3.55. The maximum absolute atomic E-state index is 2.43. The van der Waals surface area contributed by atoms with Gasteiger partial charge in [-0.1, -0.05) is 33.8 Å². The molecule has 0 heteroatoms. The molecule has 0 N–H and O–H groups in total. The maximum Gasteiger partial charge on any atom is -0.00255 e. The molecule has 0 aromatic heterocycles. The SMILES string of the molecule is CC1=CC2=C1C1C2C(C)(C)C1(C)C. The van der Waals surface area contributed by atoms with E-state index in [1.54, 1.807) is 16.7 Å². The lowest BCUT2D eigenvalue weighted by Crippen LogP contribution is -2.67. The summed E-state index contributed by atoms with van der Waals surface area (Å²) in [6.45, 7) is 12.0. The van der Waals surface area contributed by atoms with E-state index in [2.05, 4.69) is 40.7 Å². The second-order valence-corrected chi connectivity index (χ2v) is 6.10. The van der Waals surface area contributed by atoms with Crippen molar-refractivity contribution in [3.05, 3.63) is 22.8 Å². The predicted molar refractivity (Wildman–Crippen MR) is 55.3 cm³/mol. The Morgan fingerprint density at radius 3 is 2.08 bits per heavy atom. The van der Waals surface area contributed by atoms with Gasteiger partial charge >= 0.3 is 0 Å². The van der Waals surface area contributed by atoms with Crippen molar-refractivity contribution in [1.82, 2.24) is 0 Å². The molecule has 0 bridgehead atoms. The average Bonchev–Trinajstić information content (AvgIpc) is 1.96. The lowest BCUT2D eigenvalue weighted by Gasteiger charge is -2.73. The molecule has 1 saturated carbocycles. The van der Waals surface area contributed by atoms with Crippen LogP contribution < -0.4 is 0 Å². The Bertz CT molecular complexity index is 363. The minimum Gasteiger partial charge on any atom is -0.0588 e. The number of rotatable bonds is 0. The largest absolute Gasteiger partial charge is 0.0588 e. The minimum absolute atomic E-state index is 0.520. The molecule has 70 valence electrons. The van der Waals surface area contributed by atoms with Crippen LogP contribution in [-0.4, -0.2) is 0 Å². The van der Waals surface area contributed by atoms with Gasteiger partial charge in [-0.3, -0.25) is 0 Å². The molecule has 0 spiro atoms. The smallest absolute Gasteiger partial charge is 0.00255 e. The monoisotopic (exact) mass is 174 g/mol. The first-order chi connectivity index (χ1) is 5.89. The van der Waals surface area contributed by atoms with Crippen LogP contribution in [-0.2, 0) is 0 Å². The van der Waals surface area contributed by atoms with Crippen LogP contribution in [0.3, 0.4) is 0 Å². The number of fused-ring (bicyclic) bond motifs is 3.